The van der Waals surface area contributed by atoms with Gasteiger partial charge < -0.3 is 14.6 Å². The van der Waals surface area contributed by atoms with Gasteiger partial charge in [-0.2, -0.15) is 4.31 Å². The van der Waals surface area contributed by atoms with E-state index in [1.807, 2.05) is 25.1 Å². The summed E-state index contributed by atoms with van der Waals surface area (Å²) in [6.07, 6.45) is 5.28. The predicted octanol–water partition coefficient (Wildman–Crippen LogP) is 1.65. The number of H-pyrrole nitrogens is 1. The number of sulfonamides is 1. The third kappa shape index (κ3) is 3.23. The monoisotopic (exact) mass is 389 g/mol. The van der Waals surface area contributed by atoms with Gasteiger partial charge in [0, 0.05) is 48.2 Å². The molecule has 0 spiro atoms. The van der Waals surface area contributed by atoms with Crippen LogP contribution in [0.5, 0.6) is 5.75 Å². The number of rotatable bonds is 4. The molecule has 2 aliphatic rings. The molecular weight excluding hydrogens is 366 g/mol. The Hall–Kier alpha value is -2.32. The molecule has 0 bridgehead atoms. The van der Waals surface area contributed by atoms with Crippen LogP contribution in [-0.2, 0) is 27.8 Å². The Morgan fingerprint density at radius 3 is 2.93 bits per heavy atom. The molecule has 0 aliphatic carbocycles. The van der Waals surface area contributed by atoms with E-state index in [9.17, 15) is 13.2 Å². The molecule has 3 heterocycles. The minimum atomic E-state index is -3.43. The first kappa shape index (κ1) is 18.1. The predicted molar refractivity (Wildman–Crippen MR) is 103 cm³/mol. The van der Waals surface area contributed by atoms with E-state index in [-0.39, 0.29) is 12.5 Å². The summed E-state index contributed by atoms with van der Waals surface area (Å²) in [6.45, 7) is 3.82. The molecule has 1 aromatic heterocycles. The summed E-state index contributed by atoms with van der Waals surface area (Å²) in [5, 5.41) is 1.05. The average molecular weight is 389 g/mol. The van der Waals surface area contributed by atoms with E-state index in [0.717, 1.165) is 40.6 Å². The molecule has 1 aromatic carbocycles. The first-order valence-electron chi connectivity index (χ1n) is 9.07. The second kappa shape index (κ2) is 6.69. The maximum absolute atomic E-state index is 13.0. The van der Waals surface area contributed by atoms with Gasteiger partial charge in [0.15, 0.2) is 0 Å². The fourth-order valence-corrected chi connectivity index (χ4v) is 4.81. The van der Waals surface area contributed by atoms with Crippen LogP contribution in [0.2, 0.25) is 0 Å². The van der Waals surface area contributed by atoms with E-state index < -0.39 is 16.1 Å². The van der Waals surface area contributed by atoms with Gasteiger partial charge in [-0.15, -0.1) is 0 Å². The molecule has 0 saturated heterocycles. The normalized spacial score (nSPS) is 20.2. The number of benzene rings is 1. The first-order chi connectivity index (χ1) is 12.9. The van der Waals surface area contributed by atoms with Crippen LogP contribution in [0.25, 0.3) is 10.9 Å². The van der Waals surface area contributed by atoms with Crippen molar-refractivity contribution in [1.29, 1.82) is 0 Å². The molecule has 0 radical (unpaired) electrons. The number of hydrogen-bond acceptors (Lipinski definition) is 4. The van der Waals surface area contributed by atoms with E-state index >= 15 is 0 Å². The lowest BCUT2D eigenvalue weighted by Gasteiger charge is -2.31. The van der Waals surface area contributed by atoms with Gasteiger partial charge in [-0.05, 0) is 25.1 Å². The Bertz CT molecular complexity index is 1020. The molecule has 2 aliphatic heterocycles. The summed E-state index contributed by atoms with van der Waals surface area (Å²) in [6, 6.07) is 5.19. The van der Waals surface area contributed by atoms with Gasteiger partial charge in [0.25, 0.3) is 0 Å². The zero-order valence-corrected chi connectivity index (χ0v) is 16.3. The van der Waals surface area contributed by atoms with Crippen molar-refractivity contribution in [1.82, 2.24) is 14.2 Å². The molecule has 1 N–H and O–H groups in total. The van der Waals surface area contributed by atoms with Crippen LogP contribution in [0.1, 0.15) is 18.2 Å². The SMILES string of the molecule is CCOc1ccc2[nH]c3c(c2c1)CN(C(=O)[C@@H]1C=CCN1S(C)(=O)=O)CC3. The van der Waals surface area contributed by atoms with Crippen molar-refractivity contribution in [2.24, 2.45) is 0 Å². The van der Waals surface area contributed by atoms with E-state index in [1.54, 1.807) is 17.1 Å². The number of ether oxygens (including phenoxy) is 1. The number of nitrogens with zero attached hydrogens (tertiary/aromatic N) is 2. The van der Waals surface area contributed by atoms with Crippen LogP contribution < -0.4 is 4.74 Å². The van der Waals surface area contributed by atoms with Gasteiger partial charge in [0.05, 0.1) is 12.9 Å². The van der Waals surface area contributed by atoms with Gasteiger partial charge in [0.1, 0.15) is 11.8 Å². The summed E-state index contributed by atoms with van der Waals surface area (Å²) >= 11 is 0. The molecule has 1 atom stereocenters. The highest BCUT2D eigenvalue weighted by molar-refractivity contribution is 7.88. The smallest absolute Gasteiger partial charge is 0.245 e. The third-order valence-electron chi connectivity index (χ3n) is 5.16. The molecule has 144 valence electrons. The van der Waals surface area contributed by atoms with Crippen LogP contribution >= 0.6 is 0 Å². The summed E-state index contributed by atoms with van der Waals surface area (Å²) in [5.74, 6) is 0.632. The van der Waals surface area contributed by atoms with Crippen molar-refractivity contribution in [3.8, 4) is 5.75 Å². The lowest BCUT2D eigenvalue weighted by atomic mass is 10.0. The van der Waals surface area contributed by atoms with E-state index in [0.29, 0.717) is 19.7 Å². The van der Waals surface area contributed by atoms with Crippen molar-refractivity contribution in [2.45, 2.75) is 25.9 Å². The number of aromatic amines is 1. The Balaban J connectivity index is 1.62. The Kier molecular flexibility index (Phi) is 4.47. The highest BCUT2D eigenvalue weighted by Gasteiger charge is 2.36. The molecule has 0 fully saturated rings. The van der Waals surface area contributed by atoms with Crippen LogP contribution in [-0.4, -0.2) is 60.5 Å². The second-order valence-corrected chi connectivity index (χ2v) is 8.87. The Morgan fingerprint density at radius 1 is 1.37 bits per heavy atom. The van der Waals surface area contributed by atoms with Crippen molar-refractivity contribution < 1.29 is 17.9 Å². The maximum atomic E-state index is 13.0. The number of carbonyl (C=O) groups is 1. The first-order valence-corrected chi connectivity index (χ1v) is 10.9. The number of carbonyl (C=O) groups excluding carboxylic acids is 1. The number of aromatic nitrogens is 1. The van der Waals surface area contributed by atoms with Gasteiger partial charge in [-0.25, -0.2) is 8.42 Å². The standard InChI is InChI=1S/C19H23N3O4S/c1-3-26-13-6-7-16-14(11-13)15-12-21(10-8-17(15)20-16)19(23)18-5-4-9-22(18)27(2,24)25/h4-7,11,18,20H,3,8-10,12H2,1-2H3/t18-/m0/s1. The maximum Gasteiger partial charge on any atom is 0.245 e. The zero-order valence-electron chi connectivity index (χ0n) is 15.4. The Morgan fingerprint density at radius 2 is 2.19 bits per heavy atom. The topological polar surface area (TPSA) is 82.7 Å². The average Bonchev–Trinajstić information content (AvgIpc) is 3.25. The third-order valence-corrected chi connectivity index (χ3v) is 6.39. The molecule has 7 nitrogen and oxygen atoms in total. The molecule has 27 heavy (non-hydrogen) atoms. The number of nitrogens with one attached hydrogen (secondary N) is 1. The minimum absolute atomic E-state index is 0.171. The summed E-state index contributed by atoms with van der Waals surface area (Å²) in [7, 11) is -3.43. The molecule has 4 rings (SSSR count). The fraction of sp³-hybridized carbons (Fsp3) is 0.421. The largest absolute Gasteiger partial charge is 0.494 e. The van der Waals surface area contributed by atoms with E-state index in [1.165, 1.54) is 4.31 Å². The van der Waals surface area contributed by atoms with Crippen LogP contribution in [0.15, 0.2) is 30.4 Å². The van der Waals surface area contributed by atoms with Gasteiger partial charge in [-0.1, -0.05) is 12.2 Å². The fourth-order valence-electron chi connectivity index (χ4n) is 3.88. The molecular formula is C19H23N3O4S. The summed E-state index contributed by atoms with van der Waals surface area (Å²) < 4.78 is 30.8. The molecule has 0 unspecified atom stereocenters. The summed E-state index contributed by atoms with van der Waals surface area (Å²) in [4.78, 5) is 18.2. The molecule has 2 aromatic rings. The minimum Gasteiger partial charge on any atom is -0.494 e. The van der Waals surface area contributed by atoms with Gasteiger partial charge in [-0.3, -0.25) is 4.79 Å². The highest BCUT2D eigenvalue weighted by Crippen LogP contribution is 2.31. The van der Waals surface area contributed by atoms with Crippen LogP contribution in [0.4, 0.5) is 0 Å². The quantitative estimate of drug-likeness (QED) is 0.806. The molecule has 1 amide bonds. The van der Waals surface area contributed by atoms with Crippen molar-refractivity contribution in [3.05, 3.63) is 41.6 Å². The number of hydrogen-bond donors (Lipinski definition) is 1. The van der Waals surface area contributed by atoms with Crippen molar-refractivity contribution in [3.63, 3.8) is 0 Å². The van der Waals surface area contributed by atoms with E-state index in [2.05, 4.69) is 4.98 Å². The van der Waals surface area contributed by atoms with Crippen LogP contribution in [0, 0.1) is 0 Å². The van der Waals surface area contributed by atoms with Gasteiger partial charge >= 0.3 is 0 Å². The lowest BCUT2D eigenvalue weighted by molar-refractivity contribution is -0.134. The van der Waals surface area contributed by atoms with E-state index in [4.69, 9.17) is 4.74 Å². The van der Waals surface area contributed by atoms with Crippen molar-refractivity contribution >= 4 is 26.8 Å². The molecule has 8 heteroatoms. The summed E-state index contributed by atoms with van der Waals surface area (Å²) in [5.41, 5.74) is 3.24. The molecule has 0 saturated carbocycles. The number of amides is 1. The highest BCUT2D eigenvalue weighted by atomic mass is 32.2. The number of fused-ring (bicyclic) bond motifs is 3. The Labute approximate surface area is 158 Å². The second-order valence-electron chi connectivity index (χ2n) is 6.94. The zero-order chi connectivity index (χ0) is 19.2. The van der Waals surface area contributed by atoms with Gasteiger partial charge in [0.2, 0.25) is 15.9 Å². The lowest BCUT2D eigenvalue weighted by Crippen LogP contribution is -2.48. The van der Waals surface area contributed by atoms with Crippen molar-refractivity contribution in [2.75, 3.05) is 26.0 Å². The van der Waals surface area contributed by atoms with Crippen LogP contribution in [0.3, 0.4) is 0 Å².